The van der Waals surface area contributed by atoms with Crippen molar-refractivity contribution in [3.63, 3.8) is 0 Å². The highest BCUT2D eigenvalue weighted by Crippen LogP contribution is 2.24. The van der Waals surface area contributed by atoms with Gasteiger partial charge in [0.25, 0.3) is 0 Å². The van der Waals surface area contributed by atoms with Gasteiger partial charge in [0.1, 0.15) is 5.84 Å². The molecule has 2 aromatic rings. The van der Waals surface area contributed by atoms with Crippen LogP contribution < -0.4 is 16.1 Å². The Morgan fingerprint density at radius 2 is 1.90 bits per heavy atom. The molecule has 2 heterocycles. The molecule has 1 aromatic carbocycles. The van der Waals surface area contributed by atoms with E-state index in [9.17, 15) is 9.70 Å². The first-order valence-corrected chi connectivity index (χ1v) is 9.56. The predicted molar refractivity (Wildman–Crippen MR) is 118 cm³/mol. The molecule has 9 heteroatoms. The number of rotatable bonds is 6. The fourth-order valence-corrected chi connectivity index (χ4v) is 3.27. The molecular formula is C21H25N7O2. The number of carbonyl (C=O) groups is 1. The van der Waals surface area contributed by atoms with Gasteiger partial charge in [0.15, 0.2) is 5.82 Å². The van der Waals surface area contributed by atoms with E-state index in [1.807, 2.05) is 37.4 Å². The zero-order valence-corrected chi connectivity index (χ0v) is 17.3. The van der Waals surface area contributed by atoms with Gasteiger partial charge in [-0.25, -0.2) is 15.0 Å². The fraction of sp³-hybridized carbons (Fsp3) is 0.286. The molecule has 1 aromatic heterocycles. The molecular weight excluding hydrogens is 382 g/mol. The summed E-state index contributed by atoms with van der Waals surface area (Å²) in [6, 6.07) is 11.2. The summed E-state index contributed by atoms with van der Waals surface area (Å²) in [4.78, 5) is 32.9. The molecule has 1 aliphatic heterocycles. The van der Waals surface area contributed by atoms with Crippen LogP contribution >= 0.6 is 0 Å². The third-order valence-corrected chi connectivity index (χ3v) is 5.05. The molecule has 1 amide bonds. The van der Waals surface area contributed by atoms with Crippen molar-refractivity contribution in [2.45, 2.75) is 13.3 Å². The molecule has 0 saturated carbocycles. The van der Waals surface area contributed by atoms with E-state index in [1.54, 1.807) is 31.1 Å². The summed E-state index contributed by atoms with van der Waals surface area (Å²) in [5.74, 6) is 0.895. The number of pyridine rings is 1. The van der Waals surface area contributed by atoms with Crippen molar-refractivity contribution < 1.29 is 4.79 Å². The van der Waals surface area contributed by atoms with E-state index in [2.05, 4.69) is 20.6 Å². The number of carbonyl (C=O) groups excluding carboxylic acids is 1. The molecule has 0 unspecified atom stereocenters. The number of nitrogens with zero attached hydrogens (tertiary/aromatic N) is 5. The van der Waals surface area contributed by atoms with Crippen LogP contribution in [0.1, 0.15) is 13.3 Å². The molecule has 30 heavy (non-hydrogen) atoms. The number of benzene rings is 1. The van der Waals surface area contributed by atoms with Gasteiger partial charge in [-0.1, -0.05) is 12.1 Å². The molecule has 0 spiro atoms. The van der Waals surface area contributed by atoms with E-state index in [0.717, 1.165) is 33.8 Å². The predicted octanol–water partition coefficient (Wildman–Crippen LogP) is 2.58. The van der Waals surface area contributed by atoms with Gasteiger partial charge < -0.3 is 16.0 Å². The molecule has 0 radical (unpaired) electrons. The summed E-state index contributed by atoms with van der Waals surface area (Å²) in [5.41, 5.74) is 10.7. The largest absolute Gasteiger partial charge is 0.391 e. The Morgan fingerprint density at radius 3 is 2.47 bits per heavy atom. The van der Waals surface area contributed by atoms with Gasteiger partial charge in [-0.05, 0) is 29.8 Å². The number of anilines is 1. The average molecular weight is 407 g/mol. The maximum atomic E-state index is 11.7. The van der Waals surface area contributed by atoms with Crippen LogP contribution in [-0.4, -0.2) is 48.8 Å². The highest BCUT2D eigenvalue weighted by atomic mass is 16.3. The molecule has 0 fully saturated rings. The highest BCUT2D eigenvalue weighted by Gasteiger charge is 2.22. The number of nitrogens with one attached hydrogen (secondary N) is 1. The van der Waals surface area contributed by atoms with Crippen LogP contribution in [0, 0.1) is 4.91 Å². The molecule has 0 bridgehead atoms. The number of nitrogens with two attached hydrogens (primary N) is 1. The van der Waals surface area contributed by atoms with Gasteiger partial charge in [0.05, 0.1) is 17.5 Å². The zero-order chi connectivity index (χ0) is 21.7. The third kappa shape index (κ3) is 4.62. The molecule has 9 nitrogen and oxygen atoms in total. The van der Waals surface area contributed by atoms with Crippen molar-refractivity contribution in [3.8, 4) is 11.1 Å². The van der Waals surface area contributed by atoms with Gasteiger partial charge in [0, 0.05) is 57.0 Å². The number of amidine groups is 1. The van der Waals surface area contributed by atoms with Crippen molar-refractivity contribution in [1.29, 1.82) is 0 Å². The smallest absolute Gasteiger partial charge is 0.219 e. The third-order valence-electron chi connectivity index (χ3n) is 5.05. The molecule has 3 N–H and O–H groups in total. The van der Waals surface area contributed by atoms with Gasteiger partial charge >= 0.3 is 0 Å². The van der Waals surface area contributed by atoms with E-state index in [4.69, 9.17) is 5.73 Å². The SMILES string of the molecule is CNC1=C(C(N)=Nc2ccc(-c3ccc(N(C)N=O)nc3)cc2)CN(C(C)=O)CC1. The first kappa shape index (κ1) is 21.0. The number of aromatic nitrogens is 1. The minimum Gasteiger partial charge on any atom is -0.391 e. The quantitative estimate of drug-likeness (QED) is 0.329. The second kappa shape index (κ2) is 9.17. The molecule has 0 aliphatic carbocycles. The minimum absolute atomic E-state index is 0.0227. The number of aliphatic imine (C=N–C) groups is 1. The zero-order valence-electron chi connectivity index (χ0n) is 17.3. The Morgan fingerprint density at radius 1 is 1.20 bits per heavy atom. The summed E-state index contributed by atoms with van der Waals surface area (Å²) in [7, 11) is 3.39. The Kier molecular flexibility index (Phi) is 6.41. The first-order valence-electron chi connectivity index (χ1n) is 9.56. The van der Waals surface area contributed by atoms with E-state index >= 15 is 0 Å². The van der Waals surface area contributed by atoms with E-state index in [1.165, 1.54) is 0 Å². The summed E-state index contributed by atoms with van der Waals surface area (Å²) in [6.45, 7) is 2.67. The van der Waals surface area contributed by atoms with Crippen LogP contribution in [0.3, 0.4) is 0 Å². The van der Waals surface area contributed by atoms with E-state index < -0.39 is 0 Å². The van der Waals surface area contributed by atoms with E-state index in [-0.39, 0.29) is 5.91 Å². The lowest BCUT2D eigenvalue weighted by atomic mass is 10.0. The van der Waals surface area contributed by atoms with Crippen LogP contribution in [-0.2, 0) is 4.79 Å². The topological polar surface area (TPSA) is 116 Å². The Bertz CT molecular complexity index is 981. The second-order valence-corrected chi connectivity index (χ2v) is 6.95. The number of hydrogen-bond donors (Lipinski definition) is 2. The highest BCUT2D eigenvalue weighted by molar-refractivity contribution is 6.00. The number of hydrogen-bond acceptors (Lipinski definition) is 6. The molecule has 3 rings (SSSR count). The average Bonchev–Trinajstić information content (AvgIpc) is 2.78. The van der Waals surface area contributed by atoms with Crippen LogP contribution in [0.25, 0.3) is 11.1 Å². The van der Waals surface area contributed by atoms with Crippen LogP contribution in [0.15, 0.2) is 64.1 Å². The molecule has 0 atom stereocenters. The normalized spacial score (nSPS) is 14.5. The monoisotopic (exact) mass is 407 g/mol. The maximum absolute atomic E-state index is 11.7. The lowest BCUT2D eigenvalue weighted by Gasteiger charge is -2.29. The van der Waals surface area contributed by atoms with Crippen molar-refractivity contribution in [2.75, 3.05) is 32.2 Å². The first-order chi connectivity index (χ1) is 14.4. The Labute approximate surface area is 175 Å². The summed E-state index contributed by atoms with van der Waals surface area (Å²) < 4.78 is 0. The van der Waals surface area contributed by atoms with Crippen molar-refractivity contribution in [2.24, 2.45) is 16.0 Å². The summed E-state index contributed by atoms with van der Waals surface area (Å²) in [5, 5.41) is 7.16. The van der Waals surface area contributed by atoms with Gasteiger partial charge in [-0.15, -0.1) is 4.91 Å². The molecule has 1 aliphatic rings. The van der Waals surface area contributed by atoms with Crippen molar-refractivity contribution in [3.05, 3.63) is 58.8 Å². The summed E-state index contributed by atoms with van der Waals surface area (Å²) in [6.07, 6.45) is 2.41. The second-order valence-electron chi connectivity index (χ2n) is 6.95. The van der Waals surface area contributed by atoms with Gasteiger partial charge in [-0.2, -0.15) is 0 Å². The van der Waals surface area contributed by atoms with Gasteiger partial charge in [0.2, 0.25) is 5.91 Å². The summed E-state index contributed by atoms with van der Waals surface area (Å²) >= 11 is 0. The van der Waals surface area contributed by atoms with Crippen LogP contribution in [0.4, 0.5) is 11.5 Å². The van der Waals surface area contributed by atoms with E-state index in [0.29, 0.717) is 30.4 Å². The molecule has 156 valence electrons. The van der Waals surface area contributed by atoms with Crippen LogP contribution in [0.2, 0.25) is 0 Å². The van der Waals surface area contributed by atoms with Gasteiger partial charge in [-0.3, -0.25) is 4.79 Å². The Balaban J connectivity index is 1.80. The lowest BCUT2D eigenvalue weighted by Crippen LogP contribution is -2.40. The number of nitroso groups, excluding NO2 is 1. The number of amides is 1. The fourth-order valence-electron chi connectivity index (χ4n) is 3.27. The standard InChI is InChI=1S/C21H25N7O2/c1-14(29)28-11-10-19(23-2)18(13-28)21(22)25-17-7-4-15(5-8-17)16-6-9-20(24-12-16)27(3)26-30/h4-9,12,23H,10-11,13H2,1-3H3,(H2,22,25). The maximum Gasteiger partial charge on any atom is 0.219 e. The molecule has 0 saturated heterocycles. The Hall–Kier alpha value is -3.75. The van der Waals surface area contributed by atoms with Crippen molar-refractivity contribution in [1.82, 2.24) is 15.2 Å². The van der Waals surface area contributed by atoms with Crippen LogP contribution in [0.5, 0.6) is 0 Å². The lowest BCUT2D eigenvalue weighted by molar-refractivity contribution is -0.128. The van der Waals surface area contributed by atoms with Crippen molar-refractivity contribution >= 4 is 23.2 Å². The minimum atomic E-state index is 0.0227.